The molecule has 1 aliphatic heterocycles. The van der Waals surface area contributed by atoms with E-state index in [1.54, 1.807) is 0 Å². The monoisotopic (exact) mass is 146 g/mol. The van der Waals surface area contributed by atoms with Crippen molar-refractivity contribution in [1.29, 1.82) is 0 Å². The van der Waals surface area contributed by atoms with Crippen molar-refractivity contribution in [3.8, 4) is 0 Å². The number of ether oxygens (including phenoxy) is 3. The molecule has 0 N–H and O–H groups in total. The zero-order valence-electron chi connectivity index (χ0n) is 6.34. The van der Waals surface area contributed by atoms with Crippen LogP contribution < -0.4 is 0 Å². The van der Waals surface area contributed by atoms with E-state index in [2.05, 4.69) is 6.92 Å². The van der Waals surface area contributed by atoms with Crippen LogP contribution in [0.5, 0.6) is 0 Å². The maximum atomic E-state index is 5.30. The van der Waals surface area contributed by atoms with E-state index in [4.69, 9.17) is 14.2 Å². The second kappa shape index (κ2) is 4.66. The minimum Gasteiger partial charge on any atom is -0.350 e. The second-order valence-corrected chi connectivity index (χ2v) is 2.31. The summed E-state index contributed by atoms with van der Waals surface area (Å²) in [5, 5.41) is 0. The van der Waals surface area contributed by atoms with Gasteiger partial charge in [0, 0.05) is 6.61 Å². The Balaban J connectivity index is 1.91. The van der Waals surface area contributed by atoms with Gasteiger partial charge in [0.05, 0.1) is 0 Å². The lowest BCUT2D eigenvalue weighted by molar-refractivity contribution is -0.106. The van der Waals surface area contributed by atoms with Gasteiger partial charge < -0.3 is 14.2 Å². The Bertz CT molecular complexity index is 78.9. The van der Waals surface area contributed by atoms with Crippen LogP contribution in [0.1, 0.15) is 19.8 Å². The van der Waals surface area contributed by atoms with Crippen molar-refractivity contribution < 1.29 is 14.2 Å². The Hall–Kier alpha value is -0.120. The maximum Gasteiger partial charge on any atom is 0.183 e. The maximum absolute atomic E-state index is 5.30. The van der Waals surface area contributed by atoms with Gasteiger partial charge in [-0.3, -0.25) is 0 Å². The first kappa shape index (κ1) is 7.98. The van der Waals surface area contributed by atoms with Crippen molar-refractivity contribution in [3.05, 3.63) is 0 Å². The van der Waals surface area contributed by atoms with E-state index < -0.39 is 0 Å². The quantitative estimate of drug-likeness (QED) is 0.556. The topological polar surface area (TPSA) is 27.7 Å². The molecule has 0 radical (unpaired) electrons. The lowest BCUT2D eigenvalue weighted by Crippen LogP contribution is -2.14. The van der Waals surface area contributed by atoms with Crippen molar-refractivity contribution in [2.24, 2.45) is 0 Å². The Morgan fingerprint density at radius 3 is 3.10 bits per heavy atom. The number of unbranched alkanes of at least 4 members (excludes halogenated alkanes) is 1. The van der Waals surface area contributed by atoms with Gasteiger partial charge in [-0.05, 0) is 6.42 Å². The highest BCUT2D eigenvalue weighted by Gasteiger charge is 2.15. The van der Waals surface area contributed by atoms with Gasteiger partial charge in [-0.25, -0.2) is 0 Å². The molecule has 1 atom stereocenters. The third kappa shape index (κ3) is 2.64. The van der Waals surface area contributed by atoms with E-state index in [9.17, 15) is 0 Å². The molecule has 10 heavy (non-hydrogen) atoms. The summed E-state index contributed by atoms with van der Waals surface area (Å²) in [4.78, 5) is 0. The van der Waals surface area contributed by atoms with Gasteiger partial charge >= 0.3 is 0 Å². The predicted molar refractivity (Wildman–Crippen MR) is 36.6 cm³/mol. The summed E-state index contributed by atoms with van der Waals surface area (Å²) in [6.07, 6.45) is 2.15. The van der Waals surface area contributed by atoms with Crippen molar-refractivity contribution >= 4 is 0 Å². The van der Waals surface area contributed by atoms with Gasteiger partial charge in [0.1, 0.15) is 13.4 Å². The summed E-state index contributed by atoms with van der Waals surface area (Å²) in [5.74, 6) is 0. The molecule has 60 valence electrons. The van der Waals surface area contributed by atoms with Gasteiger partial charge in [0.15, 0.2) is 6.29 Å². The summed E-state index contributed by atoms with van der Waals surface area (Å²) in [5.41, 5.74) is 0. The van der Waals surface area contributed by atoms with E-state index in [0.29, 0.717) is 13.4 Å². The molecule has 1 rings (SSSR count). The van der Waals surface area contributed by atoms with E-state index in [1.807, 2.05) is 0 Å². The molecular formula is C7H14O3. The standard InChI is InChI=1S/C7H14O3/c1-2-3-4-9-7-5-8-6-10-7/h7H,2-6H2,1H3. The second-order valence-electron chi connectivity index (χ2n) is 2.31. The van der Waals surface area contributed by atoms with Crippen molar-refractivity contribution in [2.75, 3.05) is 20.0 Å². The average Bonchev–Trinajstić information content (AvgIpc) is 2.41. The highest BCUT2D eigenvalue weighted by molar-refractivity contribution is 4.45. The molecule has 1 saturated heterocycles. The third-order valence-electron chi connectivity index (χ3n) is 1.39. The van der Waals surface area contributed by atoms with Crippen LogP contribution in [0, 0.1) is 0 Å². The van der Waals surface area contributed by atoms with Crippen molar-refractivity contribution in [2.45, 2.75) is 26.1 Å². The molecule has 0 amide bonds. The van der Waals surface area contributed by atoms with Crippen LogP contribution >= 0.6 is 0 Å². The normalized spacial score (nSPS) is 25.5. The molecule has 0 aromatic heterocycles. The summed E-state index contributed by atoms with van der Waals surface area (Å²) >= 11 is 0. The van der Waals surface area contributed by atoms with Gasteiger partial charge in [0.25, 0.3) is 0 Å². The number of hydrogen-bond acceptors (Lipinski definition) is 3. The molecule has 1 aliphatic rings. The lowest BCUT2D eigenvalue weighted by atomic mass is 10.4. The average molecular weight is 146 g/mol. The fourth-order valence-electron chi connectivity index (χ4n) is 0.772. The van der Waals surface area contributed by atoms with Crippen LogP contribution in [0.3, 0.4) is 0 Å². The van der Waals surface area contributed by atoms with Crippen LogP contribution in [0.15, 0.2) is 0 Å². The van der Waals surface area contributed by atoms with Crippen LogP contribution in [0.25, 0.3) is 0 Å². The molecule has 1 fully saturated rings. The van der Waals surface area contributed by atoms with E-state index in [0.717, 1.165) is 19.4 Å². The fourth-order valence-corrected chi connectivity index (χ4v) is 0.772. The van der Waals surface area contributed by atoms with Crippen LogP contribution in [-0.4, -0.2) is 26.3 Å². The Morgan fingerprint density at radius 1 is 1.60 bits per heavy atom. The van der Waals surface area contributed by atoms with Gasteiger partial charge in [0.2, 0.25) is 0 Å². The van der Waals surface area contributed by atoms with Crippen molar-refractivity contribution in [3.63, 3.8) is 0 Å². The molecular weight excluding hydrogens is 132 g/mol. The molecule has 0 bridgehead atoms. The van der Waals surface area contributed by atoms with Crippen LogP contribution in [-0.2, 0) is 14.2 Å². The predicted octanol–water partition coefficient (Wildman–Crippen LogP) is 1.13. The molecule has 3 heteroatoms. The molecule has 0 aliphatic carbocycles. The fraction of sp³-hybridized carbons (Fsp3) is 1.00. The molecule has 1 heterocycles. The number of hydrogen-bond donors (Lipinski definition) is 0. The lowest BCUT2D eigenvalue weighted by Gasteiger charge is -2.07. The zero-order chi connectivity index (χ0) is 7.23. The third-order valence-corrected chi connectivity index (χ3v) is 1.39. The summed E-state index contributed by atoms with van der Waals surface area (Å²) in [7, 11) is 0. The Kier molecular flexibility index (Phi) is 3.72. The highest BCUT2D eigenvalue weighted by atomic mass is 16.8. The first-order chi connectivity index (χ1) is 4.93. The van der Waals surface area contributed by atoms with Gasteiger partial charge in [-0.1, -0.05) is 13.3 Å². The Morgan fingerprint density at radius 2 is 2.50 bits per heavy atom. The minimum atomic E-state index is -0.105. The largest absolute Gasteiger partial charge is 0.350 e. The van der Waals surface area contributed by atoms with Gasteiger partial charge in [-0.15, -0.1) is 0 Å². The summed E-state index contributed by atoms with van der Waals surface area (Å²) < 4.78 is 15.3. The molecule has 3 nitrogen and oxygen atoms in total. The van der Waals surface area contributed by atoms with E-state index >= 15 is 0 Å². The SMILES string of the molecule is CCCCOC1COCO1. The first-order valence-corrected chi connectivity index (χ1v) is 3.74. The smallest absolute Gasteiger partial charge is 0.183 e. The minimum absolute atomic E-state index is 0.105. The molecule has 0 aromatic carbocycles. The molecule has 1 unspecified atom stereocenters. The summed E-state index contributed by atoms with van der Waals surface area (Å²) in [6.45, 7) is 3.89. The van der Waals surface area contributed by atoms with Gasteiger partial charge in [-0.2, -0.15) is 0 Å². The molecule has 0 saturated carbocycles. The highest BCUT2D eigenvalue weighted by Crippen LogP contribution is 2.04. The van der Waals surface area contributed by atoms with E-state index in [-0.39, 0.29) is 6.29 Å². The van der Waals surface area contributed by atoms with E-state index in [1.165, 1.54) is 0 Å². The Labute approximate surface area is 61.3 Å². The van der Waals surface area contributed by atoms with Crippen LogP contribution in [0.4, 0.5) is 0 Å². The summed E-state index contributed by atoms with van der Waals surface area (Å²) in [6, 6.07) is 0. The zero-order valence-corrected chi connectivity index (χ0v) is 6.34. The first-order valence-electron chi connectivity index (χ1n) is 3.74. The van der Waals surface area contributed by atoms with Crippen molar-refractivity contribution in [1.82, 2.24) is 0 Å². The molecule has 0 spiro atoms. The van der Waals surface area contributed by atoms with Crippen LogP contribution in [0.2, 0.25) is 0 Å². The number of rotatable bonds is 4. The molecule has 0 aromatic rings.